The van der Waals surface area contributed by atoms with Crippen molar-refractivity contribution in [2.75, 3.05) is 16.8 Å². The van der Waals surface area contributed by atoms with Gasteiger partial charge in [0, 0.05) is 18.3 Å². The third kappa shape index (κ3) is 3.21. The molecule has 0 spiro atoms. The summed E-state index contributed by atoms with van der Waals surface area (Å²) in [7, 11) is 0. The molecule has 1 fully saturated rings. The van der Waals surface area contributed by atoms with Gasteiger partial charge in [-0.2, -0.15) is 0 Å². The van der Waals surface area contributed by atoms with Crippen molar-refractivity contribution in [3.8, 4) is 0 Å². The number of ether oxygens (including phenoxy) is 1. The van der Waals surface area contributed by atoms with E-state index in [1.807, 2.05) is 26.8 Å². The molecule has 0 unspecified atom stereocenters. The van der Waals surface area contributed by atoms with Gasteiger partial charge in [-0.1, -0.05) is 6.92 Å². The number of hydrogen-bond acceptors (Lipinski definition) is 3. The Morgan fingerprint density at radius 1 is 1.32 bits per heavy atom. The molecule has 0 aromatic heterocycles. The zero-order valence-corrected chi connectivity index (χ0v) is 14.0. The lowest BCUT2D eigenvalue weighted by Gasteiger charge is -2.34. The molecule has 2 aliphatic rings. The molecular formula is C18H26N2O2. The molecule has 1 heterocycles. The molecule has 1 aliphatic heterocycles. The quantitative estimate of drug-likeness (QED) is 0.890. The fraction of sp³-hybridized carbons (Fsp3) is 0.611. The van der Waals surface area contributed by atoms with E-state index in [4.69, 9.17) is 4.74 Å². The average molecular weight is 302 g/mol. The summed E-state index contributed by atoms with van der Waals surface area (Å²) in [5.74, 6) is 0.842. The fourth-order valence-electron chi connectivity index (χ4n) is 3.25. The Labute approximate surface area is 132 Å². The molecule has 1 saturated carbocycles. The fourth-order valence-corrected chi connectivity index (χ4v) is 3.25. The molecule has 0 radical (unpaired) electrons. The summed E-state index contributed by atoms with van der Waals surface area (Å²) in [5.41, 5.74) is 2.93. The predicted molar refractivity (Wildman–Crippen MR) is 89.5 cm³/mol. The molecule has 1 aromatic rings. The number of nitrogens with zero attached hydrogens (tertiary/aromatic N) is 1. The van der Waals surface area contributed by atoms with Gasteiger partial charge < -0.3 is 10.1 Å². The molecule has 3 rings (SSSR count). The van der Waals surface area contributed by atoms with Crippen molar-refractivity contribution in [3.63, 3.8) is 0 Å². The van der Waals surface area contributed by atoms with Crippen LogP contribution in [0, 0.1) is 5.92 Å². The highest BCUT2D eigenvalue weighted by atomic mass is 16.6. The highest BCUT2D eigenvalue weighted by Crippen LogP contribution is 2.34. The third-order valence-electron chi connectivity index (χ3n) is 4.33. The van der Waals surface area contributed by atoms with Gasteiger partial charge in [-0.25, -0.2) is 4.79 Å². The number of fused-ring (bicyclic) bond motifs is 1. The van der Waals surface area contributed by atoms with Crippen molar-refractivity contribution < 1.29 is 9.53 Å². The minimum absolute atomic E-state index is 0.250. The second-order valence-corrected chi connectivity index (χ2v) is 7.64. The maximum Gasteiger partial charge on any atom is 0.414 e. The standard InChI is InChI=1S/C18H26N2O2/c1-12-9-15(10-12)19-14-5-6-16-13(11-14)7-8-20(16)17(21)22-18(2,3)4/h5-6,11-12,15,19H,7-10H2,1-4H3. The molecule has 4 heteroatoms. The van der Waals surface area contributed by atoms with Crippen LogP contribution in [-0.2, 0) is 11.2 Å². The Morgan fingerprint density at radius 3 is 2.68 bits per heavy atom. The van der Waals surface area contributed by atoms with Crippen LogP contribution in [0.25, 0.3) is 0 Å². The van der Waals surface area contributed by atoms with E-state index in [1.54, 1.807) is 4.90 Å². The molecule has 0 bridgehead atoms. The number of rotatable bonds is 2. The van der Waals surface area contributed by atoms with Crippen LogP contribution in [-0.4, -0.2) is 24.3 Å². The molecule has 1 amide bonds. The molecule has 0 saturated heterocycles. The van der Waals surface area contributed by atoms with Crippen LogP contribution in [0.3, 0.4) is 0 Å². The second kappa shape index (κ2) is 5.49. The first-order valence-electron chi connectivity index (χ1n) is 8.22. The molecule has 1 N–H and O–H groups in total. The maximum atomic E-state index is 12.3. The van der Waals surface area contributed by atoms with Gasteiger partial charge in [0.1, 0.15) is 5.60 Å². The van der Waals surface area contributed by atoms with E-state index in [-0.39, 0.29) is 6.09 Å². The Balaban J connectivity index is 1.68. The van der Waals surface area contributed by atoms with E-state index in [0.29, 0.717) is 12.6 Å². The van der Waals surface area contributed by atoms with Crippen molar-refractivity contribution >= 4 is 17.5 Å². The van der Waals surface area contributed by atoms with Crippen LogP contribution in [0.1, 0.15) is 46.1 Å². The Kier molecular flexibility index (Phi) is 3.79. The summed E-state index contributed by atoms with van der Waals surface area (Å²) in [6.07, 6.45) is 3.15. The van der Waals surface area contributed by atoms with E-state index in [0.717, 1.165) is 18.0 Å². The van der Waals surface area contributed by atoms with Crippen molar-refractivity contribution in [3.05, 3.63) is 23.8 Å². The number of anilines is 2. The van der Waals surface area contributed by atoms with Gasteiger partial charge in [-0.15, -0.1) is 0 Å². The summed E-state index contributed by atoms with van der Waals surface area (Å²) in [4.78, 5) is 14.0. The molecule has 4 nitrogen and oxygen atoms in total. The van der Waals surface area contributed by atoms with Gasteiger partial charge in [-0.3, -0.25) is 4.90 Å². The lowest BCUT2D eigenvalue weighted by atomic mass is 9.82. The van der Waals surface area contributed by atoms with E-state index in [1.165, 1.54) is 24.1 Å². The summed E-state index contributed by atoms with van der Waals surface area (Å²) in [5, 5.41) is 3.59. The maximum absolute atomic E-state index is 12.3. The van der Waals surface area contributed by atoms with E-state index in [9.17, 15) is 4.79 Å². The molecule has 22 heavy (non-hydrogen) atoms. The number of nitrogens with one attached hydrogen (secondary N) is 1. The lowest BCUT2D eigenvalue weighted by molar-refractivity contribution is 0.0584. The van der Waals surface area contributed by atoms with Gasteiger partial charge >= 0.3 is 6.09 Å². The van der Waals surface area contributed by atoms with E-state index >= 15 is 0 Å². The van der Waals surface area contributed by atoms with E-state index < -0.39 is 5.60 Å². The largest absolute Gasteiger partial charge is 0.443 e. The zero-order chi connectivity index (χ0) is 15.9. The number of benzene rings is 1. The first kappa shape index (κ1) is 15.2. The van der Waals surface area contributed by atoms with Gasteiger partial charge in [0.2, 0.25) is 0 Å². The van der Waals surface area contributed by atoms with Crippen LogP contribution in [0.2, 0.25) is 0 Å². The normalized spacial score (nSPS) is 23.7. The van der Waals surface area contributed by atoms with Gasteiger partial charge in [0.15, 0.2) is 0 Å². The Morgan fingerprint density at radius 2 is 2.05 bits per heavy atom. The van der Waals surface area contributed by atoms with E-state index in [2.05, 4.69) is 24.4 Å². The summed E-state index contributed by atoms with van der Waals surface area (Å²) in [6, 6.07) is 6.90. The number of hydrogen-bond donors (Lipinski definition) is 1. The number of carbonyl (C=O) groups is 1. The van der Waals surface area contributed by atoms with Gasteiger partial charge in [0.25, 0.3) is 0 Å². The SMILES string of the molecule is CC1CC(Nc2ccc3c(c2)CCN3C(=O)OC(C)(C)C)C1. The Bertz CT molecular complexity index is 571. The van der Waals surface area contributed by atoms with Crippen LogP contribution in [0.4, 0.5) is 16.2 Å². The first-order chi connectivity index (χ1) is 10.3. The molecular weight excluding hydrogens is 276 g/mol. The number of amides is 1. The summed E-state index contributed by atoms with van der Waals surface area (Å²) >= 11 is 0. The third-order valence-corrected chi connectivity index (χ3v) is 4.33. The summed E-state index contributed by atoms with van der Waals surface area (Å²) in [6.45, 7) is 8.69. The van der Waals surface area contributed by atoms with Crippen LogP contribution in [0.5, 0.6) is 0 Å². The molecule has 1 aliphatic carbocycles. The minimum Gasteiger partial charge on any atom is -0.443 e. The van der Waals surface area contributed by atoms with Crippen LogP contribution >= 0.6 is 0 Å². The highest BCUT2D eigenvalue weighted by molar-refractivity contribution is 5.91. The molecule has 1 aromatic carbocycles. The van der Waals surface area contributed by atoms with Gasteiger partial charge in [-0.05, 0) is 69.7 Å². The second-order valence-electron chi connectivity index (χ2n) is 7.64. The topological polar surface area (TPSA) is 41.6 Å². The zero-order valence-electron chi connectivity index (χ0n) is 14.0. The predicted octanol–water partition coefficient (Wildman–Crippen LogP) is 4.19. The average Bonchev–Trinajstić information content (AvgIpc) is 2.78. The molecule has 0 atom stereocenters. The first-order valence-corrected chi connectivity index (χ1v) is 8.22. The van der Waals surface area contributed by atoms with Crippen molar-refractivity contribution in [1.29, 1.82) is 0 Å². The summed E-state index contributed by atoms with van der Waals surface area (Å²) < 4.78 is 5.48. The number of carbonyl (C=O) groups excluding carboxylic acids is 1. The highest BCUT2D eigenvalue weighted by Gasteiger charge is 2.30. The minimum atomic E-state index is -0.456. The molecule has 120 valence electrons. The van der Waals surface area contributed by atoms with Crippen molar-refractivity contribution in [1.82, 2.24) is 0 Å². The lowest BCUT2D eigenvalue weighted by Crippen LogP contribution is -2.35. The monoisotopic (exact) mass is 302 g/mol. The Hall–Kier alpha value is -1.71. The smallest absolute Gasteiger partial charge is 0.414 e. The van der Waals surface area contributed by atoms with Crippen LogP contribution < -0.4 is 10.2 Å². The van der Waals surface area contributed by atoms with Crippen molar-refractivity contribution in [2.24, 2.45) is 5.92 Å². The van der Waals surface area contributed by atoms with Gasteiger partial charge in [0.05, 0.1) is 5.69 Å². The van der Waals surface area contributed by atoms with Crippen molar-refractivity contribution in [2.45, 2.75) is 58.6 Å². The van der Waals surface area contributed by atoms with Crippen LogP contribution in [0.15, 0.2) is 18.2 Å².